The summed E-state index contributed by atoms with van der Waals surface area (Å²) in [4.78, 5) is 41.0. The fraction of sp³-hybridized carbons (Fsp3) is 0.550. The fourth-order valence-corrected chi connectivity index (χ4v) is 5.15. The van der Waals surface area contributed by atoms with Crippen LogP contribution in [0.15, 0.2) is 18.2 Å². The molecule has 3 atom stereocenters. The van der Waals surface area contributed by atoms with Gasteiger partial charge in [-0.1, -0.05) is 18.2 Å². The predicted octanol–water partition coefficient (Wildman–Crippen LogP) is 0.384. The highest BCUT2D eigenvalue weighted by molar-refractivity contribution is 6.05. The molecular weight excluding hydrogens is 344 g/mol. The number of nitrogens with zero attached hydrogens (tertiary/aromatic N) is 2. The Balaban J connectivity index is 1.40. The van der Waals surface area contributed by atoms with Crippen molar-refractivity contribution in [3.8, 4) is 0 Å². The number of hydrogen-bond acceptors (Lipinski definition) is 5. The molecule has 2 bridgehead atoms. The maximum Gasteiger partial charge on any atom is 0.255 e. The van der Waals surface area contributed by atoms with Gasteiger partial charge in [-0.2, -0.15) is 0 Å². The van der Waals surface area contributed by atoms with Crippen molar-refractivity contribution in [3.05, 3.63) is 34.9 Å². The summed E-state index contributed by atoms with van der Waals surface area (Å²) in [5, 5.41) is 5.86. The van der Waals surface area contributed by atoms with Crippen LogP contribution in [0.2, 0.25) is 0 Å². The minimum atomic E-state index is -0.550. The molecule has 0 spiro atoms. The summed E-state index contributed by atoms with van der Waals surface area (Å²) < 4.78 is 0. The summed E-state index contributed by atoms with van der Waals surface area (Å²) in [5.74, 6) is -0.679. The summed E-state index contributed by atoms with van der Waals surface area (Å²) in [6, 6.07) is 6.58. The van der Waals surface area contributed by atoms with Crippen molar-refractivity contribution in [2.45, 2.75) is 56.9 Å². The van der Waals surface area contributed by atoms with E-state index in [0.29, 0.717) is 25.0 Å². The summed E-state index contributed by atoms with van der Waals surface area (Å²) in [6.45, 7) is 3.27. The molecule has 5 rings (SSSR count). The van der Waals surface area contributed by atoms with Crippen molar-refractivity contribution in [2.24, 2.45) is 0 Å². The van der Waals surface area contributed by atoms with Crippen LogP contribution in [0.5, 0.6) is 0 Å². The Hall–Kier alpha value is -2.25. The molecule has 3 amide bonds. The average Bonchev–Trinajstić information content (AvgIpc) is 3.07. The highest BCUT2D eigenvalue weighted by atomic mass is 16.2. The third kappa shape index (κ3) is 2.76. The van der Waals surface area contributed by atoms with Crippen molar-refractivity contribution >= 4 is 17.7 Å². The molecule has 0 aromatic heterocycles. The number of fused-ring (bicyclic) bond motifs is 3. The van der Waals surface area contributed by atoms with E-state index in [2.05, 4.69) is 15.5 Å². The number of benzene rings is 1. The zero-order chi connectivity index (χ0) is 18.5. The van der Waals surface area contributed by atoms with Crippen LogP contribution in [0.4, 0.5) is 0 Å². The topological polar surface area (TPSA) is 81.8 Å². The fourth-order valence-electron chi connectivity index (χ4n) is 5.15. The lowest BCUT2D eigenvalue weighted by molar-refractivity contribution is -0.136. The number of piperazine rings is 1. The second-order valence-electron chi connectivity index (χ2n) is 8.07. The van der Waals surface area contributed by atoms with E-state index >= 15 is 0 Å². The summed E-state index contributed by atoms with van der Waals surface area (Å²) >= 11 is 0. The SMILES string of the molecule is O=C1CCC(N2Cc3cccc(CN4C5CCC4CNC5)c3C2=O)C(=O)N1. The minimum absolute atomic E-state index is 0.0717. The molecule has 27 heavy (non-hydrogen) atoms. The van der Waals surface area contributed by atoms with Gasteiger partial charge in [-0.15, -0.1) is 0 Å². The van der Waals surface area contributed by atoms with Crippen LogP contribution >= 0.6 is 0 Å². The lowest BCUT2D eigenvalue weighted by Crippen LogP contribution is -2.52. The first kappa shape index (κ1) is 16.9. The number of carbonyl (C=O) groups is 3. The molecule has 2 N–H and O–H groups in total. The summed E-state index contributed by atoms with van der Waals surface area (Å²) in [6.07, 6.45) is 3.11. The maximum atomic E-state index is 13.2. The number of hydrogen-bond donors (Lipinski definition) is 2. The monoisotopic (exact) mass is 368 g/mol. The van der Waals surface area contributed by atoms with Gasteiger partial charge in [0, 0.05) is 50.2 Å². The van der Waals surface area contributed by atoms with Gasteiger partial charge in [0.2, 0.25) is 11.8 Å². The van der Waals surface area contributed by atoms with Gasteiger partial charge in [0.1, 0.15) is 6.04 Å². The quantitative estimate of drug-likeness (QED) is 0.754. The van der Waals surface area contributed by atoms with Gasteiger partial charge in [0.25, 0.3) is 5.91 Å². The predicted molar refractivity (Wildman–Crippen MR) is 97.7 cm³/mol. The number of rotatable bonds is 3. The maximum absolute atomic E-state index is 13.2. The van der Waals surface area contributed by atoms with Gasteiger partial charge < -0.3 is 10.2 Å². The number of piperidine rings is 1. The van der Waals surface area contributed by atoms with E-state index in [1.54, 1.807) is 4.90 Å². The van der Waals surface area contributed by atoms with Crippen LogP contribution in [-0.2, 0) is 22.7 Å². The first-order valence-corrected chi connectivity index (χ1v) is 9.83. The standard InChI is InChI=1S/C20H24N4O3/c25-17-7-6-16(19(26)22-17)24-11-13-3-1-2-12(18(13)20(24)27)10-23-14-4-5-15(23)9-21-8-14/h1-3,14-16,21H,4-11H2,(H,22,25,26). The molecule has 4 aliphatic heterocycles. The molecule has 4 aliphatic rings. The van der Waals surface area contributed by atoms with Crippen LogP contribution in [0, 0.1) is 0 Å². The van der Waals surface area contributed by atoms with E-state index in [1.165, 1.54) is 12.8 Å². The van der Waals surface area contributed by atoms with Crippen LogP contribution in [0.25, 0.3) is 0 Å². The van der Waals surface area contributed by atoms with Gasteiger partial charge >= 0.3 is 0 Å². The molecule has 4 heterocycles. The molecule has 7 nitrogen and oxygen atoms in total. The number of carbonyl (C=O) groups excluding carboxylic acids is 3. The van der Waals surface area contributed by atoms with Gasteiger partial charge in [0.05, 0.1) is 0 Å². The number of nitrogens with one attached hydrogen (secondary N) is 2. The molecular formula is C20H24N4O3. The lowest BCUT2D eigenvalue weighted by atomic mass is 10.0. The molecule has 7 heteroatoms. The van der Waals surface area contributed by atoms with Crippen molar-refractivity contribution in [2.75, 3.05) is 13.1 Å². The Bertz CT molecular complexity index is 807. The van der Waals surface area contributed by atoms with Crippen LogP contribution in [0.3, 0.4) is 0 Å². The second kappa shape index (κ2) is 6.42. The summed E-state index contributed by atoms with van der Waals surface area (Å²) in [7, 11) is 0. The molecule has 0 aliphatic carbocycles. The molecule has 1 aromatic carbocycles. The largest absolute Gasteiger partial charge is 0.322 e. The van der Waals surface area contributed by atoms with Crippen LogP contribution in [-0.4, -0.2) is 58.7 Å². The van der Waals surface area contributed by atoms with Crippen molar-refractivity contribution in [1.82, 2.24) is 20.4 Å². The van der Waals surface area contributed by atoms with E-state index < -0.39 is 6.04 Å². The molecule has 3 saturated heterocycles. The van der Waals surface area contributed by atoms with E-state index in [1.807, 2.05) is 18.2 Å². The number of imide groups is 1. The summed E-state index contributed by atoms with van der Waals surface area (Å²) in [5.41, 5.74) is 2.82. The number of amides is 3. The lowest BCUT2D eigenvalue weighted by Gasteiger charge is -2.35. The van der Waals surface area contributed by atoms with E-state index in [4.69, 9.17) is 0 Å². The van der Waals surface area contributed by atoms with Crippen LogP contribution < -0.4 is 10.6 Å². The molecule has 142 valence electrons. The van der Waals surface area contributed by atoms with Crippen molar-refractivity contribution in [3.63, 3.8) is 0 Å². The Morgan fingerprint density at radius 2 is 1.81 bits per heavy atom. The van der Waals surface area contributed by atoms with Gasteiger partial charge in [-0.05, 0) is 30.4 Å². The normalized spacial score (nSPS) is 30.6. The van der Waals surface area contributed by atoms with Gasteiger partial charge in [-0.3, -0.25) is 24.6 Å². The van der Waals surface area contributed by atoms with E-state index in [0.717, 1.165) is 36.3 Å². The smallest absolute Gasteiger partial charge is 0.255 e. The molecule has 3 unspecified atom stereocenters. The molecule has 3 fully saturated rings. The highest BCUT2D eigenvalue weighted by Gasteiger charge is 2.41. The first-order valence-electron chi connectivity index (χ1n) is 9.83. The molecule has 1 aromatic rings. The van der Waals surface area contributed by atoms with Crippen LogP contribution in [0.1, 0.15) is 47.2 Å². The zero-order valence-corrected chi connectivity index (χ0v) is 15.2. The Labute approximate surface area is 158 Å². The third-order valence-corrected chi connectivity index (χ3v) is 6.52. The van der Waals surface area contributed by atoms with Crippen molar-refractivity contribution < 1.29 is 14.4 Å². The minimum Gasteiger partial charge on any atom is -0.322 e. The van der Waals surface area contributed by atoms with Gasteiger partial charge in [0.15, 0.2) is 0 Å². The first-order chi connectivity index (χ1) is 13.1. The Morgan fingerprint density at radius 3 is 2.56 bits per heavy atom. The molecule has 0 saturated carbocycles. The van der Waals surface area contributed by atoms with E-state index in [-0.39, 0.29) is 24.1 Å². The Kier molecular flexibility index (Phi) is 4.02. The Morgan fingerprint density at radius 1 is 1.04 bits per heavy atom. The second-order valence-corrected chi connectivity index (χ2v) is 8.07. The highest BCUT2D eigenvalue weighted by Crippen LogP contribution is 2.33. The van der Waals surface area contributed by atoms with Crippen molar-refractivity contribution in [1.29, 1.82) is 0 Å². The van der Waals surface area contributed by atoms with E-state index in [9.17, 15) is 14.4 Å². The molecule has 0 radical (unpaired) electrons. The third-order valence-electron chi connectivity index (χ3n) is 6.52. The van der Waals surface area contributed by atoms with Gasteiger partial charge in [-0.25, -0.2) is 0 Å². The average molecular weight is 368 g/mol. The zero-order valence-electron chi connectivity index (χ0n) is 15.2.